The average molecular weight is 282 g/mol. The Morgan fingerprint density at radius 3 is 2.79 bits per heavy atom. The fourth-order valence-electron chi connectivity index (χ4n) is 2.94. The minimum atomic E-state index is -0.541. The van der Waals surface area contributed by atoms with Crippen LogP contribution >= 0.6 is 11.6 Å². The van der Waals surface area contributed by atoms with E-state index in [1.165, 1.54) is 0 Å². The maximum Gasteiger partial charge on any atom is 0.250 e. The first-order valence-corrected chi connectivity index (χ1v) is 6.73. The van der Waals surface area contributed by atoms with Gasteiger partial charge in [0.1, 0.15) is 0 Å². The molecule has 102 valence electrons. The van der Waals surface area contributed by atoms with Crippen LogP contribution in [0, 0.1) is 0 Å². The van der Waals surface area contributed by atoms with E-state index in [0.717, 1.165) is 19.3 Å². The third-order valence-electron chi connectivity index (χ3n) is 3.81. The summed E-state index contributed by atoms with van der Waals surface area (Å²) in [6.07, 6.45) is 3.61. The number of primary amides is 1. The monoisotopic (exact) mass is 281 g/mol. The minimum Gasteiger partial charge on any atom is -0.399 e. The standard InChI is InChI=1S/C13H16ClN3O2/c14-9-4-6(15)3-8(13(16)18)12(9)17-10-5-7-1-2-11(10)19-7/h3-4,7,10-11,17H,1-2,5,15H2,(H2,16,18). The van der Waals surface area contributed by atoms with Crippen molar-refractivity contribution < 1.29 is 9.53 Å². The molecule has 2 aliphatic heterocycles. The summed E-state index contributed by atoms with van der Waals surface area (Å²) in [6, 6.07) is 3.34. The highest BCUT2D eigenvalue weighted by Gasteiger charge is 2.41. The Bertz CT molecular complexity index is 535. The molecule has 2 fully saturated rings. The van der Waals surface area contributed by atoms with Gasteiger partial charge >= 0.3 is 0 Å². The molecule has 3 rings (SSSR count). The number of hydrogen-bond donors (Lipinski definition) is 3. The normalized spacial score (nSPS) is 28.6. The zero-order valence-corrected chi connectivity index (χ0v) is 11.1. The van der Waals surface area contributed by atoms with E-state index >= 15 is 0 Å². The Morgan fingerprint density at radius 2 is 2.21 bits per heavy atom. The van der Waals surface area contributed by atoms with Crippen LogP contribution in [0.15, 0.2) is 12.1 Å². The summed E-state index contributed by atoms with van der Waals surface area (Å²) >= 11 is 6.17. The number of hydrogen-bond acceptors (Lipinski definition) is 4. The van der Waals surface area contributed by atoms with Gasteiger partial charge in [0.05, 0.1) is 34.5 Å². The Hall–Kier alpha value is -1.46. The fraction of sp³-hybridized carbons (Fsp3) is 0.462. The lowest BCUT2D eigenvalue weighted by Gasteiger charge is -2.23. The first-order valence-electron chi connectivity index (χ1n) is 6.35. The lowest BCUT2D eigenvalue weighted by Crippen LogP contribution is -2.31. The molecule has 19 heavy (non-hydrogen) atoms. The highest BCUT2D eigenvalue weighted by atomic mass is 35.5. The van der Waals surface area contributed by atoms with Gasteiger partial charge in [-0.25, -0.2) is 0 Å². The zero-order chi connectivity index (χ0) is 13.6. The third kappa shape index (κ3) is 2.24. The number of halogens is 1. The van der Waals surface area contributed by atoms with E-state index < -0.39 is 5.91 Å². The molecule has 3 atom stereocenters. The molecular formula is C13H16ClN3O2. The number of amides is 1. The number of anilines is 2. The fourth-order valence-corrected chi connectivity index (χ4v) is 3.23. The average Bonchev–Trinajstić information content (AvgIpc) is 2.93. The van der Waals surface area contributed by atoms with Gasteiger partial charge in [-0.15, -0.1) is 0 Å². The number of ether oxygens (including phenoxy) is 1. The molecule has 2 saturated heterocycles. The van der Waals surface area contributed by atoms with Crippen LogP contribution in [0.4, 0.5) is 11.4 Å². The van der Waals surface area contributed by atoms with Crippen molar-refractivity contribution in [1.29, 1.82) is 0 Å². The van der Waals surface area contributed by atoms with Crippen molar-refractivity contribution in [3.8, 4) is 0 Å². The van der Waals surface area contributed by atoms with Gasteiger partial charge in [0.15, 0.2) is 0 Å². The van der Waals surface area contributed by atoms with Gasteiger partial charge in [-0.1, -0.05) is 11.6 Å². The molecule has 5 nitrogen and oxygen atoms in total. The second-order valence-electron chi connectivity index (χ2n) is 5.15. The topological polar surface area (TPSA) is 90.4 Å². The van der Waals surface area contributed by atoms with Gasteiger partial charge in [0, 0.05) is 5.69 Å². The number of nitrogens with two attached hydrogens (primary N) is 2. The third-order valence-corrected chi connectivity index (χ3v) is 4.11. The molecule has 6 heteroatoms. The molecule has 1 aromatic carbocycles. The van der Waals surface area contributed by atoms with Crippen molar-refractivity contribution in [2.75, 3.05) is 11.1 Å². The van der Waals surface area contributed by atoms with Crippen molar-refractivity contribution in [3.63, 3.8) is 0 Å². The van der Waals surface area contributed by atoms with Crippen LogP contribution in [0.3, 0.4) is 0 Å². The number of nitrogens with one attached hydrogen (secondary N) is 1. The highest BCUT2D eigenvalue weighted by molar-refractivity contribution is 6.34. The van der Waals surface area contributed by atoms with Crippen molar-refractivity contribution in [2.24, 2.45) is 5.73 Å². The number of carbonyl (C=O) groups excluding carboxylic acids is 1. The van der Waals surface area contributed by atoms with Crippen LogP contribution in [0.25, 0.3) is 0 Å². The number of rotatable bonds is 3. The molecule has 2 bridgehead atoms. The van der Waals surface area contributed by atoms with Crippen LogP contribution in [0.2, 0.25) is 5.02 Å². The number of benzene rings is 1. The van der Waals surface area contributed by atoms with E-state index in [1.807, 2.05) is 0 Å². The van der Waals surface area contributed by atoms with E-state index in [1.54, 1.807) is 12.1 Å². The minimum absolute atomic E-state index is 0.179. The molecule has 1 amide bonds. The van der Waals surface area contributed by atoms with E-state index in [0.29, 0.717) is 28.1 Å². The van der Waals surface area contributed by atoms with Gasteiger partial charge in [0.25, 0.3) is 5.91 Å². The second kappa shape index (κ2) is 4.58. The first-order chi connectivity index (χ1) is 9.04. The smallest absolute Gasteiger partial charge is 0.250 e. The first kappa shape index (κ1) is 12.6. The lowest BCUT2D eigenvalue weighted by molar-refractivity contribution is 0.0997. The van der Waals surface area contributed by atoms with Crippen LogP contribution < -0.4 is 16.8 Å². The van der Waals surface area contributed by atoms with Crippen molar-refractivity contribution in [1.82, 2.24) is 0 Å². The second-order valence-corrected chi connectivity index (χ2v) is 5.56. The Labute approximate surface area is 116 Å². The maximum absolute atomic E-state index is 11.5. The summed E-state index contributed by atoms with van der Waals surface area (Å²) in [5, 5.41) is 3.72. The van der Waals surface area contributed by atoms with Crippen LogP contribution in [0.1, 0.15) is 29.6 Å². The molecule has 2 heterocycles. The lowest BCUT2D eigenvalue weighted by atomic mass is 9.95. The Balaban J connectivity index is 1.89. The largest absolute Gasteiger partial charge is 0.399 e. The summed E-state index contributed by atoms with van der Waals surface area (Å²) in [6.45, 7) is 0. The Morgan fingerprint density at radius 1 is 1.42 bits per heavy atom. The Kier molecular flexibility index (Phi) is 3.03. The number of fused-ring (bicyclic) bond motifs is 2. The van der Waals surface area contributed by atoms with E-state index in [4.69, 9.17) is 27.8 Å². The predicted molar refractivity (Wildman–Crippen MR) is 74.3 cm³/mol. The summed E-state index contributed by atoms with van der Waals surface area (Å²) in [5.41, 5.74) is 12.4. The van der Waals surface area contributed by atoms with Gasteiger partial charge in [-0.3, -0.25) is 4.79 Å². The SMILES string of the molecule is NC(=O)c1cc(N)cc(Cl)c1NC1CC2CCC1O2. The molecular weight excluding hydrogens is 266 g/mol. The zero-order valence-electron chi connectivity index (χ0n) is 10.4. The van der Waals surface area contributed by atoms with E-state index in [-0.39, 0.29) is 12.1 Å². The molecule has 0 radical (unpaired) electrons. The van der Waals surface area contributed by atoms with E-state index in [9.17, 15) is 4.79 Å². The summed E-state index contributed by atoms with van der Waals surface area (Å²) in [7, 11) is 0. The molecule has 0 spiro atoms. The number of carbonyl (C=O) groups is 1. The number of nitrogen functional groups attached to an aromatic ring is 1. The van der Waals surface area contributed by atoms with E-state index in [2.05, 4.69) is 5.32 Å². The maximum atomic E-state index is 11.5. The molecule has 0 aromatic heterocycles. The molecule has 0 aliphatic carbocycles. The summed E-state index contributed by atoms with van der Waals surface area (Å²) in [4.78, 5) is 11.5. The van der Waals surface area contributed by atoms with Gasteiger partial charge < -0.3 is 21.5 Å². The van der Waals surface area contributed by atoms with Crippen LogP contribution in [-0.4, -0.2) is 24.2 Å². The quantitative estimate of drug-likeness (QED) is 0.736. The van der Waals surface area contributed by atoms with Crippen molar-refractivity contribution in [2.45, 2.75) is 37.5 Å². The molecule has 2 aliphatic rings. The molecule has 1 aromatic rings. The summed E-state index contributed by atoms with van der Waals surface area (Å²) < 4.78 is 5.77. The van der Waals surface area contributed by atoms with Crippen LogP contribution in [-0.2, 0) is 4.74 Å². The van der Waals surface area contributed by atoms with Crippen molar-refractivity contribution >= 4 is 28.9 Å². The summed E-state index contributed by atoms with van der Waals surface area (Å²) in [5.74, 6) is -0.541. The van der Waals surface area contributed by atoms with Gasteiger partial charge in [-0.05, 0) is 31.4 Å². The molecule has 5 N–H and O–H groups in total. The van der Waals surface area contributed by atoms with Crippen molar-refractivity contribution in [3.05, 3.63) is 22.7 Å². The van der Waals surface area contributed by atoms with Gasteiger partial charge in [0.2, 0.25) is 0 Å². The van der Waals surface area contributed by atoms with Crippen LogP contribution in [0.5, 0.6) is 0 Å². The highest BCUT2D eigenvalue weighted by Crippen LogP contribution is 2.38. The van der Waals surface area contributed by atoms with Gasteiger partial charge in [-0.2, -0.15) is 0 Å². The molecule has 3 unspecified atom stereocenters. The molecule has 0 saturated carbocycles. The predicted octanol–water partition coefficient (Wildman–Crippen LogP) is 1.75.